The molecule has 1 aromatic carbocycles. The molecule has 0 aliphatic heterocycles. The molecule has 11 heteroatoms. The first-order valence-electron chi connectivity index (χ1n) is 23.3. The number of nitrogens with one attached hydrogen (secondary N) is 3. The predicted octanol–water partition coefficient (Wildman–Crippen LogP) is 9.09. The van der Waals surface area contributed by atoms with E-state index in [0.717, 1.165) is 61.7 Å². The van der Waals surface area contributed by atoms with Gasteiger partial charge in [0.25, 0.3) is 5.91 Å². The van der Waals surface area contributed by atoms with Gasteiger partial charge in [-0.25, -0.2) is 0 Å². The molecular formula is C51H70N4O7. The molecule has 62 heavy (non-hydrogen) atoms. The number of benzene rings is 1. The molecule has 8 rings (SSSR count). The van der Waals surface area contributed by atoms with Crippen molar-refractivity contribution in [2.24, 2.45) is 62.6 Å². The Morgan fingerprint density at radius 1 is 0.855 bits per heavy atom. The van der Waals surface area contributed by atoms with Crippen molar-refractivity contribution in [1.29, 1.82) is 0 Å². The van der Waals surface area contributed by atoms with E-state index in [4.69, 9.17) is 4.74 Å². The van der Waals surface area contributed by atoms with Crippen LogP contribution in [0.25, 0.3) is 11.3 Å². The van der Waals surface area contributed by atoms with E-state index in [0.29, 0.717) is 30.4 Å². The summed E-state index contributed by atoms with van der Waals surface area (Å²) in [5, 5.41) is 23.3. The zero-order chi connectivity index (χ0) is 45.2. The van der Waals surface area contributed by atoms with Crippen molar-refractivity contribution in [1.82, 2.24) is 20.8 Å². The molecule has 336 valence electrons. The van der Waals surface area contributed by atoms with Gasteiger partial charge in [-0.2, -0.15) is 5.10 Å². The van der Waals surface area contributed by atoms with Crippen molar-refractivity contribution in [2.45, 2.75) is 158 Å². The van der Waals surface area contributed by atoms with E-state index >= 15 is 0 Å². The summed E-state index contributed by atoms with van der Waals surface area (Å²) < 4.78 is 6.42. The summed E-state index contributed by atoms with van der Waals surface area (Å²) in [6, 6.07) is 11.3. The number of amides is 2. The van der Waals surface area contributed by atoms with E-state index in [1.165, 1.54) is 0 Å². The number of ether oxygens (including phenoxy) is 1. The van der Waals surface area contributed by atoms with Crippen molar-refractivity contribution in [2.75, 3.05) is 0 Å². The fourth-order valence-electron chi connectivity index (χ4n) is 14.9. The molecular weight excluding hydrogens is 781 g/mol. The zero-order valence-corrected chi connectivity index (χ0v) is 38.9. The molecule has 1 heterocycles. The van der Waals surface area contributed by atoms with Crippen LogP contribution in [-0.4, -0.2) is 62.0 Å². The molecule has 0 bridgehead atoms. The van der Waals surface area contributed by atoms with Crippen LogP contribution < -0.4 is 10.6 Å². The lowest BCUT2D eigenvalue weighted by Crippen LogP contribution is -2.68. The summed E-state index contributed by atoms with van der Waals surface area (Å²) in [6.45, 7) is 23.5. The molecule has 4 N–H and O–H groups in total. The molecule has 5 saturated carbocycles. The zero-order valence-electron chi connectivity index (χ0n) is 38.9. The van der Waals surface area contributed by atoms with E-state index in [9.17, 15) is 29.1 Å². The number of aromatic nitrogens is 2. The van der Waals surface area contributed by atoms with Crippen molar-refractivity contribution >= 4 is 29.5 Å². The third-order valence-electron chi connectivity index (χ3n) is 18.7. The number of carboxylic acid groups (broad SMARTS) is 1. The maximum atomic E-state index is 14.5. The smallest absolute Gasteiger partial charge is 0.309 e. The molecule has 0 spiro atoms. The minimum absolute atomic E-state index is 0.00335. The molecule has 6 aliphatic rings. The van der Waals surface area contributed by atoms with E-state index in [2.05, 4.69) is 69.3 Å². The molecule has 0 unspecified atom stereocenters. The number of nitrogens with zero attached hydrogens (tertiary/aromatic N) is 1. The third kappa shape index (κ3) is 6.46. The minimum atomic E-state index is -1.29. The molecule has 0 radical (unpaired) electrons. The molecule has 11 nitrogen and oxygen atoms in total. The van der Waals surface area contributed by atoms with Gasteiger partial charge in [-0.15, -0.1) is 0 Å². The highest BCUT2D eigenvalue weighted by Gasteiger charge is 2.71. The van der Waals surface area contributed by atoms with E-state index in [1.54, 1.807) is 19.9 Å². The Morgan fingerprint density at radius 3 is 2.19 bits per heavy atom. The SMILES string of the molecule is CC(C)C1=C2[C@H]3CC[C@@H]4[C@@]5(C)CC[C@H](OC(=O)[C@H]6C[C@@H](C(=O)O)C6(C)C)C(C)(C)[C@@H]5CC[C@@]4(C)[C@]3(C)CC[C@@]2(NC(=O)C(C)(C)NC(=O)c2cc(-c3ccccc3)n[nH]2)CC1=O. The second kappa shape index (κ2) is 14.6. The van der Waals surface area contributed by atoms with Gasteiger partial charge in [0.15, 0.2) is 5.78 Å². The number of aliphatic carboxylic acids is 1. The summed E-state index contributed by atoms with van der Waals surface area (Å²) in [5.74, 6) is -1.78. The Labute approximate surface area is 367 Å². The first kappa shape index (κ1) is 44.3. The quantitative estimate of drug-likeness (QED) is 0.181. The normalized spacial score (nSPS) is 36.9. The fraction of sp³-hybridized carbons (Fsp3) is 0.686. The van der Waals surface area contributed by atoms with Crippen molar-refractivity contribution in [3.63, 3.8) is 0 Å². The number of ketones is 1. The van der Waals surface area contributed by atoms with E-state index in [1.807, 2.05) is 44.2 Å². The average Bonchev–Trinajstić information content (AvgIpc) is 3.79. The van der Waals surface area contributed by atoms with Crippen molar-refractivity contribution in [3.8, 4) is 11.3 Å². The van der Waals surface area contributed by atoms with Crippen LogP contribution in [0.3, 0.4) is 0 Å². The summed E-state index contributed by atoms with van der Waals surface area (Å²) in [6.07, 6.45) is 7.58. The predicted molar refractivity (Wildman–Crippen MR) is 236 cm³/mol. The number of aromatic amines is 1. The van der Waals surface area contributed by atoms with Gasteiger partial charge in [-0.1, -0.05) is 92.6 Å². The Bertz CT molecular complexity index is 2220. The summed E-state index contributed by atoms with van der Waals surface area (Å²) in [4.78, 5) is 67.9. The monoisotopic (exact) mass is 851 g/mol. The molecule has 0 saturated heterocycles. The lowest BCUT2D eigenvalue weighted by molar-refractivity contribution is -0.235. The lowest BCUT2D eigenvalue weighted by atomic mass is 9.33. The maximum absolute atomic E-state index is 14.5. The topological polar surface area (TPSA) is 168 Å². The summed E-state index contributed by atoms with van der Waals surface area (Å²) in [7, 11) is 0. The number of hydrogen-bond acceptors (Lipinski definition) is 7. The highest BCUT2D eigenvalue weighted by molar-refractivity contribution is 6.03. The Hall–Kier alpha value is -4.28. The van der Waals surface area contributed by atoms with Crippen LogP contribution in [0.2, 0.25) is 0 Å². The van der Waals surface area contributed by atoms with Crippen LogP contribution in [-0.2, 0) is 23.9 Å². The second-order valence-corrected chi connectivity index (χ2v) is 23.1. The standard InChI is InChI=1S/C51H70N4O7/c1-28(2)39-35(56)27-51(53-44(61)47(7,8)52-41(57)34-26-33(54-55-34)29-15-13-12-14-16-29)24-23-49(10)30(40(39)51)17-18-37-48(9)21-20-38(46(5,6)36(48)19-22-50(37,49)11)62-43(60)32-25-31(42(58)59)45(32,3)4/h12-16,26,28,30-32,36-38H,17-25,27H2,1-11H3,(H,52,57)(H,53,61)(H,54,55)(H,58,59)/t30-,31+,32-,36+,37-,38+,48+,49-,50-,51-/m1/s1. The lowest BCUT2D eigenvalue weighted by Gasteiger charge is -2.72. The summed E-state index contributed by atoms with van der Waals surface area (Å²) >= 11 is 0. The van der Waals surface area contributed by atoms with Gasteiger partial charge in [0.2, 0.25) is 5.91 Å². The number of carbonyl (C=O) groups excluding carboxylic acids is 4. The van der Waals surface area contributed by atoms with Gasteiger partial charge in [0.1, 0.15) is 17.3 Å². The molecule has 2 amide bonds. The number of rotatable bonds is 9. The Morgan fingerprint density at radius 2 is 1.55 bits per heavy atom. The summed E-state index contributed by atoms with van der Waals surface area (Å²) in [5.41, 5.74) is 0.646. The van der Waals surface area contributed by atoms with E-state index in [-0.39, 0.29) is 69.4 Å². The van der Waals surface area contributed by atoms with Gasteiger partial charge >= 0.3 is 11.9 Å². The second-order valence-electron chi connectivity index (χ2n) is 23.1. The number of carboxylic acids is 1. The average molecular weight is 851 g/mol. The molecule has 6 aliphatic carbocycles. The van der Waals surface area contributed by atoms with Crippen LogP contribution in [0, 0.1) is 62.6 Å². The van der Waals surface area contributed by atoms with Crippen molar-refractivity contribution < 1.29 is 33.8 Å². The van der Waals surface area contributed by atoms with Crippen LogP contribution in [0.15, 0.2) is 47.5 Å². The van der Waals surface area contributed by atoms with Gasteiger partial charge in [-0.05, 0) is 134 Å². The fourth-order valence-corrected chi connectivity index (χ4v) is 14.9. The maximum Gasteiger partial charge on any atom is 0.309 e. The highest BCUT2D eigenvalue weighted by atomic mass is 16.5. The molecule has 1 aromatic heterocycles. The van der Waals surface area contributed by atoms with Gasteiger partial charge in [-0.3, -0.25) is 29.1 Å². The number of H-pyrrole nitrogens is 1. The number of hydrogen-bond donors (Lipinski definition) is 4. The molecule has 5 fully saturated rings. The highest BCUT2D eigenvalue weighted by Crippen LogP contribution is 2.76. The van der Waals surface area contributed by atoms with E-state index < -0.39 is 40.2 Å². The number of esters is 1. The number of fused-ring (bicyclic) bond motifs is 7. The third-order valence-corrected chi connectivity index (χ3v) is 18.7. The molecule has 10 atom stereocenters. The van der Waals surface area contributed by atoms with Crippen LogP contribution in [0.5, 0.6) is 0 Å². The van der Waals surface area contributed by atoms with Gasteiger partial charge < -0.3 is 20.5 Å². The first-order chi connectivity index (χ1) is 28.8. The largest absolute Gasteiger partial charge is 0.481 e. The first-order valence-corrected chi connectivity index (χ1v) is 23.3. The van der Waals surface area contributed by atoms with Crippen LogP contribution >= 0.6 is 0 Å². The molecule has 2 aromatic rings. The minimum Gasteiger partial charge on any atom is -0.481 e. The van der Waals surface area contributed by atoms with Crippen molar-refractivity contribution in [3.05, 3.63) is 53.2 Å². The van der Waals surface area contributed by atoms with Crippen LogP contribution in [0.4, 0.5) is 0 Å². The van der Waals surface area contributed by atoms with Crippen LogP contribution in [0.1, 0.15) is 151 Å². The van der Waals surface area contributed by atoms with Gasteiger partial charge in [0.05, 0.1) is 23.1 Å². The number of allylic oxidation sites excluding steroid dienone is 1. The Balaban J connectivity index is 1.02. The number of carbonyl (C=O) groups is 5. The van der Waals surface area contributed by atoms with Gasteiger partial charge in [0, 0.05) is 17.4 Å². The Kier molecular flexibility index (Phi) is 10.5. The number of Topliss-reactive ketones (excluding diaryl/α,β-unsaturated/α-hetero) is 1.